The molecule has 1 rings (SSSR count). The first-order chi connectivity index (χ1) is 14.6. The summed E-state index contributed by atoms with van der Waals surface area (Å²) in [5.41, 5.74) is 2.35. The average molecular weight is 463 g/mol. The van der Waals surface area contributed by atoms with E-state index >= 15 is 0 Å². The lowest BCUT2D eigenvalue weighted by molar-refractivity contribution is -0.167. The third kappa shape index (κ3) is 10.4. The first-order valence-electron chi connectivity index (χ1n) is 10.8. The van der Waals surface area contributed by atoms with Crippen LogP contribution < -0.4 is 9.47 Å². The third-order valence-corrected chi connectivity index (χ3v) is 4.74. The molecule has 0 aromatic heterocycles. The van der Waals surface area contributed by atoms with Gasteiger partial charge in [0.25, 0.3) is 0 Å². The van der Waals surface area contributed by atoms with Gasteiger partial charge in [0.2, 0.25) is 0 Å². The molecular weight excluding hydrogens is 427 g/mol. The average Bonchev–Trinajstić information content (AvgIpc) is 2.73. The quantitative estimate of drug-likeness (QED) is 0.207. The Balaban J connectivity index is 2.46. The fourth-order valence-corrected chi connectivity index (χ4v) is 3.20. The molecule has 0 aliphatic heterocycles. The lowest BCUT2D eigenvalue weighted by Crippen LogP contribution is -2.23. The standard InChI is InChI=1S/C23H36Cl2O5/c1-5-18-19(6-2)21(30-16-13-22(24)25)12-11-20(18)29-15-10-9-14-26-17-23(27-7-3)28-8-4/h11-13,23H,5-10,14-17H2,1-4H3. The van der Waals surface area contributed by atoms with Crippen LogP contribution in [0.15, 0.2) is 22.7 Å². The number of rotatable bonds is 17. The van der Waals surface area contributed by atoms with Crippen molar-refractivity contribution in [2.45, 2.75) is 59.7 Å². The van der Waals surface area contributed by atoms with Crippen LogP contribution in [0.4, 0.5) is 0 Å². The fraction of sp³-hybridized carbons (Fsp3) is 0.652. The molecule has 0 radical (unpaired) electrons. The van der Waals surface area contributed by atoms with Crippen molar-refractivity contribution in [1.29, 1.82) is 0 Å². The predicted octanol–water partition coefficient (Wildman–Crippen LogP) is 6.08. The number of unbranched alkanes of at least 4 members (excludes halogenated alkanes) is 1. The molecule has 0 unspecified atom stereocenters. The van der Waals surface area contributed by atoms with Gasteiger partial charge in [0.1, 0.15) is 22.6 Å². The maximum Gasteiger partial charge on any atom is 0.180 e. The van der Waals surface area contributed by atoms with Crippen LogP contribution in [0, 0.1) is 0 Å². The molecule has 0 atom stereocenters. The smallest absolute Gasteiger partial charge is 0.180 e. The Morgan fingerprint density at radius 2 is 1.43 bits per heavy atom. The molecule has 30 heavy (non-hydrogen) atoms. The second-order valence-electron chi connectivity index (χ2n) is 6.50. The molecule has 0 amide bonds. The minimum absolute atomic E-state index is 0.207. The van der Waals surface area contributed by atoms with Gasteiger partial charge in [-0.05, 0) is 57.7 Å². The SMILES string of the molecule is CCOC(COCCCCOc1ccc(OCC=C(Cl)Cl)c(CC)c1CC)OCC. The molecule has 0 saturated heterocycles. The monoisotopic (exact) mass is 462 g/mol. The fourth-order valence-electron chi connectivity index (χ4n) is 3.07. The summed E-state index contributed by atoms with van der Waals surface area (Å²) in [4.78, 5) is 0. The van der Waals surface area contributed by atoms with E-state index in [1.807, 2.05) is 26.0 Å². The molecule has 1 aromatic carbocycles. The van der Waals surface area contributed by atoms with Gasteiger partial charge in [0.05, 0.1) is 13.2 Å². The summed E-state index contributed by atoms with van der Waals surface area (Å²) < 4.78 is 28.7. The highest BCUT2D eigenvalue weighted by molar-refractivity contribution is 6.55. The van der Waals surface area contributed by atoms with Gasteiger partial charge in [-0.3, -0.25) is 0 Å². The maximum atomic E-state index is 6.06. The summed E-state index contributed by atoms with van der Waals surface area (Å²) in [6.45, 7) is 11.5. The van der Waals surface area contributed by atoms with E-state index in [0.29, 0.717) is 39.6 Å². The summed E-state index contributed by atoms with van der Waals surface area (Å²) in [5.74, 6) is 1.76. The van der Waals surface area contributed by atoms with Crippen molar-refractivity contribution in [3.63, 3.8) is 0 Å². The highest BCUT2D eigenvalue weighted by Gasteiger charge is 2.13. The van der Waals surface area contributed by atoms with Gasteiger partial charge >= 0.3 is 0 Å². The van der Waals surface area contributed by atoms with E-state index in [-0.39, 0.29) is 10.8 Å². The van der Waals surface area contributed by atoms with Crippen molar-refractivity contribution in [2.75, 3.05) is 39.6 Å². The lowest BCUT2D eigenvalue weighted by atomic mass is 10.0. The molecule has 0 saturated carbocycles. The van der Waals surface area contributed by atoms with E-state index in [1.54, 1.807) is 6.08 Å². The van der Waals surface area contributed by atoms with Crippen LogP contribution in [0.25, 0.3) is 0 Å². The first-order valence-corrected chi connectivity index (χ1v) is 11.5. The van der Waals surface area contributed by atoms with Crippen molar-refractivity contribution >= 4 is 23.2 Å². The Kier molecular flexibility index (Phi) is 15.0. The minimum Gasteiger partial charge on any atom is -0.493 e. The van der Waals surface area contributed by atoms with Crippen LogP contribution in [0.3, 0.4) is 0 Å². The third-order valence-electron chi connectivity index (χ3n) is 4.43. The summed E-state index contributed by atoms with van der Waals surface area (Å²) in [6, 6.07) is 3.93. The molecule has 7 heteroatoms. The summed E-state index contributed by atoms with van der Waals surface area (Å²) >= 11 is 11.3. The Bertz CT molecular complexity index is 612. The number of benzene rings is 1. The number of halogens is 2. The maximum absolute atomic E-state index is 6.06. The largest absolute Gasteiger partial charge is 0.493 e. The van der Waals surface area contributed by atoms with Crippen LogP contribution >= 0.6 is 23.2 Å². The molecule has 1 aromatic rings. The van der Waals surface area contributed by atoms with E-state index in [1.165, 1.54) is 5.56 Å². The molecule has 0 fully saturated rings. The molecule has 172 valence electrons. The Hall–Kier alpha value is -0.980. The van der Waals surface area contributed by atoms with E-state index in [9.17, 15) is 0 Å². The van der Waals surface area contributed by atoms with Gasteiger partial charge in [-0.15, -0.1) is 0 Å². The van der Waals surface area contributed by atoms with Gasteiger partial charge in [0.15, 0.2) is 6.29 Å². The molecule has 0 bridgehead atoms. The van der Waals surface area contributed by atoms with E-state index in [2.05, 4.69) is 13.8 Å². The molecular formula is C23H36Cl2O5. The van der Waals surface area contributed by atoms with Crippen molar-refractivity contribution in [2.24, 2.45) is 0 Å². The van der Waals surface area contributed by atoms with Crippen molar-refractivity contribution in [3.8, 4) is 11.5 Å². The van der Waals surface area contributed by atoms with Gasteiger partial charge in [-0.2, -0.15) is 0 Å². The molecule has 0 spiro atoms. The van der Waals surface area contributed by atoms with E-state index in [4.69, 9.17) is 46.9 Å². The first kappa shape index (κ1) is 27.1. The number of hydrogen-bond donors (Lipinski definition) is 0. The van der Waals surface area contributed by atoms with Crippen LogP contribution in [0.5, 0.6) is 11.5 Å². The van der Waals surface area contributed by atoms with Gasteiger partial charge in [-0.1, -0.05) is 37.0 Å². The highest BCUT2D eigenvalue weighted by atomic mass is 35.5. The zero-order valence-corrected chi connectivity index (χ0v) is 20.2. The van der Waals surface area contributed by atoms with Crippen LogP contribution in [-0.2, 0) is 27.1 Å². The van der Waals surface area contributed by atoms with Crippen LogP contribution in [-0.4, -0.2) is 45.9 Å². The molecule has 0 aliphatic rings. The van der Waals surface area contributed by atoms with Gasteiger partial charge in [-0.25, -0.2) is 0 Å². The van der Waals surface area contributed by atoms with Crippen molar-refractivity contribution in [1.82, 2.24) is 0 Å². The van der Waals surface area contributed by atoms with Crippen molar-refractivity contribution in [3.05, 3.63) is 33.8 Å². The normalized spacial score (nSPS) is 11.0. The summed E-state index contributed by atoms with van der Waals surface area (Å²) in [5, 5.41) is 0. The molecule has 0 N–H and O–H groups in total. The molecule has 0 heterocycles. The molecule has 0 aliphatic carbocycles. The second kappa shape index (κ2) is 16.7. The molecule has 5 nitrogen and oxygen atoms in total. The Morgan fingerprint density at radius 3 is 1.97 bits per heavy atom. The van der Waals surface area contributed by atoms with Crippen LogP contribution in [0.1, 0.15) is 51.7 Å². The second-order valence-corrected chi connectivity index (χ2v) is 7.51. The number of ether oxygens (including phenoxy) is 5. The van der Waals surface area contributed by atoms with Gasteiger partial charge in [0, 0.05) is 30.9 Å². The lowest BCUT2D eigenvalue weighted by Gasteiger charge is -2.18. The zero-order valence-electron chi connectivity index (χ0n) is 18.7. The minimum atomic E-state index is -0.285. The summed E-state index contributed by atoms with van der Waals surface area (Å²) in [6.07, 6.45) is 4.91. The predicted molar refractivity (Wildman–Crippen MR) is 123 cm³/mol. The van der Waals surface area contributed by atoms with E-state index in [0.717, 1.165) is 42.7 Å². The zero-order chi connectivity index (χ0) is 22.2. The topological polar surface area (TPSA) is 46.2 Å². The Labute approximate surface area is 191 Å². The highest BCUT2D eigenvalue weighted by Crippen LogP contribution is 2.32. The Morgan fingerprint density at radius 1 is 0.867 bits per heavy atom. The number of hydrogen-bond acceptors (Lipinski definition) is 5. The summed E-state index contributed by atoms with van der Waals surface area (Å²) in [7, 11) is 0. The van der Waals surface area contributed by atoms with Crippen LogP contribution in [0.2, 0.25) is 0 Å². The van der Waals surface area contributed by atoms with Gasteiger partial charge < -0.3 is 23.7 Å². The van der Waals surface area contributed by atoms with Crippen molar-refractivity contribution < 1.29 is 23.7 Å². The van der Waals surface area contributed by atoms with E-state index < -0.39 is 0 Å².